The first-order valence-electron chi connectivity index (χ1n) is 2.88. The molecule has 5 nitrogen and oxygen atoms in total. The minimum atomic E-state index is -0.924. The van der Waals surface area contributed by atoms with Gasteiger partial charge < -0.3 is 16.6 Å². The van der Waals surface area contributed by atoms with Crippen LogP contribution in [0, 0.1) is 0 Å². The van der Waals surface area contributed by atoms with Crippen LogP contribution in [0.4, 0.5) is 0 Å². The van der Waals surface area contributed by atoms with E-state index in [9.17, 15) is 9.59 Å². The highest BCUT2D eigenvalue weighted by Gasteiger charge is 2.09. The summed E-state index contributed by atoms with van der Waals surface area (Å²) in [7, 11) is 0. The topological polar surface area (TPSA) is 106 Å². The van der Waals surface area contributed by atoms with Gasteiger partial charge in [-0.2, -0.15) is 0 Å². The molecule has 0 radical (unpaired) electrons. The van der Waals surface area contributed by atoms with Crippen molar-refractivity contribution < 1.29 is 14.7 Å². The predicted octanol–water partition coefficient (Wildman–Crippen LogP) is -1.38. The number of hydrogen-bond acceptors (Lipinski definition) is 4. The molecule has 0 aromatic heterocycles. The highest BCUT2D eigenvalue weighted by atomic mass is 32.2. The van der Waals surface area contributed by atoms with Crippen LogP contribution >= 0.6 is 11.8 Å². The Kier molecular flexibility index (Phi) is 4.64. The second kappa shape index (κ2) is 4.97. The lowest BCUT2D eigenvalue weighted by molar-refractivity contribution is -0.134. The number of primary amides is 1. The summed E-state index contributed by atoms with van der Waals surface area (Å²) in [6, 6.07) is -0.751. The molecule has 0 aliphatic carbocycles. The van der Waals surface area contributed by atoms with Gasteiger partial charge in [0, 0.05) is 5.75 Å². The monoisotopic (exact) mass is 178 g/mol. The van der Waals surface area contributed by atoms with E-state index in [-0.39, 0.29) is 11.5 Å². The molecule has 1 amide bonds. The van der Waals surface area contributed by atoms with Crippen LogP contribution in [0.25, 0.3) is 0 Å². The molecule has 6 heteroatoms. The van der Waals surface area contributed by atoms with Gasteiger partial charge in [-0.05, 0) is 0 Å². The van der Waals surface area contributed by atoms with Crippen LogP contribution in [0.1, 0.15) is 0 Å². The summed E-state index contributed by atoms with van der Waals surface area (Å²) in [5, 5.41) is 8.19. The van der Waals surface area contributed by atoms with E-state index in [1.807, 2.05) is 0 Å². The second-order valence-electron chi connectivity index (χ2n) is 1.92. The smallest absolute Gasteiger partial charge is 0.313 e. The van der Waals surface area contributed by atoms with E-state index >= 15 is 0 Å². The molecule has 0 saturated carbocycles. The quantitative estimate of drug-likeness (QED) is 0.481. The lowest BCUT2D eigenvalue weighted by Gasteiger charge is -2.03. The van der Waals surface area contributed by atoms with Crippen molar-refractivity contribution in [3.63, 3.8) is 0 Å². The van der Waals surface area contributed by atoms with Gasteiger partial charge in [-0.3, -0.25) is 9.59 Å². The number of carbonyl (C=O) groups is 2. The third-order valence-electron chi connectivity index (χ3n) is 0.888. The van der Waals surface area contributed by atoms with Gasteiger partial charge in [0.1, 0.15) is 0 Å². The highest BCUT2D eigenvalue weighted by molar-refractivity contribution is 8.00. The van der Waals surface area contributed by atoms with Crippen molar-refractivity contribution in [1.82, 2.24) is 0 Å². The maximum absolute atomic E-state index is 10.3. The van der Waals surface area contributed by atoms with Crippen molar-refractivity contribution in [2.24, 2.45) is 11.5 Å². The van der Waals surface area contributed by atoms with Crippen LogP contribution in [0.5, 0.6) is 0 Å². The van der Waals surface area contributed by atoms with Crippen molar-refractivity contribution in [2.75, 3.05) is 11.5 Å². The lowest BCUT2D eigenvalue weighted by atomic mass is 10.3. The Bertz CT molecular complexity index is 162. The maximum atomic E-state index is 10.3. The maximum Gasteiger partial charge on any atom is 0.313 e. The zero-order valence-corrected chi connectivity index (χ0v) is 6.63. The highest BCUT2D eigenvalue weighted by Crippen LogP contribution is 2.00. The first-order valence-corrected chi connectivity index (χ1v) is 4.04. The molecule has 0 aromatic carbocycles. The van der Waals surface area contributed by atoms with Gasteiger partial charge in [-0.1, -0.05) is 0 Å². The fraction of sp³-hybridized carbons (Fsp3) is 0.600. The summed E-state index contributed by atoms with van der Waals surface area (Å²) in [5.41, 5.74) is 10.0. The van der Waals surface area contributed by atoms with Crippen LogP contribution < -0.4 is 11.5 Å². The molecule has 0 heterocycles. The standard InChI is InChI=1S/C5H10N2O3S/c6-3(5(7)10)1-11-2-4(8)9/h3H,1-2,6H2,(H2,7,10)(H,8,9). The number of carboxylic acid groups (broad SMARTS) is 1. The molecule has 64 valence electrons. The van der Waals surface area contributed by atoms with Crippen LogP contribution in [-0.4, -0.2) is 34.5 Å². The Balaban J connectivity index is 3.39. The zero-order valence-electron chi connectivity index (χ0n) is 5.82. The molecule has 5 N–H and O–H groups in total. The number of thioether (sulfide) groups is 1. The van der Waals surface area contributed by atoms with Crippen molar-refractivity contribution in [3.8, 4) is 0 Å². The first-order chi connectivity index (χ1) is 5.04. The minimum Gasteiger partial charge on any atom is -0.481 e. The SMILES string of the molecule is NC(=O)C(N)CSCC(=O)O. The number of hydrogen-bond donors (Lipinski definition) is 3. The summed E-state index contributed by atoms with van der Waals surface area (Å²) in [4.78, 5) is 20.3. The van der Waals surface area contributed by atoms with Gasteiger partial charge in [-0.25, -0.2) is 0 Å². The van der Waals surface area contributed by atoms with Gasteiger partial charge in [-0.15, -0.1) is 11.8 Å². The van der Waals surface area contributed by atoms with E-state index in [2.05, 4.69) is 0 Å². The minimum absolute atomic E-state index is 0.0546. The fourth-order valence-corrected chi connectivity index (χ4v) is 1.07. The lowest BCUT2D eigenvalue weighted by Crippen LogP contribution is -2.38. The summed E-state index contributed by atoms with van der Waals surface area (Å²) in [5.74, 6) is -1.34. The average molecular weight is 178 g/mol. The Labute approximate surface area is 68.1 Å². The predicted molar refractivity (Wildman–Crippen MR) is 42.1 cm³/mol. The summed E-state index contributed by atoms with van der Waals surface area (Å²) in [6.07, 6.45) is 0. The van der Waals surface area contributed by atoms with Crippen molar-refractivity contribution in [3.05, 3.63) is 0 Å². The normalized spacial score (nSPS) is 12.5. The summed E-state index contributed by atoms with van der Waals surface area (Å²) in [6.45, 7) is 0. The molecular weight excluding hydrogens is 168 g/mol. The van der Waals surface area contributed by atoms with E-state index in [1.165, 1.54) is 0 Å². The number of carboxylic acids is 1. The Morgan fingerprint density at radius 2 is 2.09 bits per heavy atom. The number of carbonyl (C=O) groups excluding carboxylic acids is 1. The van der Waals surface area contributed by atoms with Crippen molar-refractivity contribution in [2.45, 2.75) is 6.04 Å². The molecule has 0 fully saturated rings. The summed E-state index contributed by atoms with van der Waals surface area (Å²) >= 11 is 1.07. The Morgan fingerprint density at radius 3 is 2.45 bits per heavy atom. The molecule has 0 saturated heterocycles. The molecule has 0 bridgehead atoms. The molecule has 0 spiro atoms. The van der Waals surface area contributed by atoms with Gasteiger partial charge >= 0.3 is 5.97 Å². The van der Waals surface area contributed by atoms with Crippen LogP contribution in [0.2, 0.25) is 0 Å². The van der Waals surface area contributed by atoms with Crippen molar-refractivity contribution >= 4 is 23.6 Å². The Hall–Kier alpha value is -0.750. The van der Waals surface area contributed by atoms with E-state index in [4.69, 9.17) is 16.6 Å². The van der Waals surface area contributed by atoms with Gasteiger partial charge in [0.25, 0.3) is 0 Å². The third-order valence-corrected chi connectivity index (χ3v) is 1.93. The molecule has 0 aliphatic rings. The molecule has 1 unspecified atom stereocenters. The van der Waals surface area contributed by atoms with Gasteiger partial charge in [0.05, 0.1) is 11.8 Å². The van der Waals surface area contributed by atoms with Crippen LogP contribution in [0.15, 0.2) is 0 Å². The van der Waals surface area contributed by atoms with E-state index < -0.39 is 17.9 Å². The first kappa shape index (κ1) is 10.2. The number of rotatable bonds is 5. The van der Waals surface area contributed by atoms with Crippen LogP contribution in [0.3, 0.4) is 0 Å². The Morgan fingerprint density at radius 1 is 1.55 bits per heavy atom. The van der Waals surface area contributed by atoms with E-state index in [1.54, 1.807) is 0 Å². The zero-order chi connectivity index (χ0) is 8.85. The van der Waals surface area contributed by atoms with Crippen molar-refractivity contribution in [1.29, 1.82) is 0 Å². The molecule has 0 aromatic rings. The number of nitrogens with two attached hydrogens (primary N) is 2. The van der Waals surface area contributed by atoms with E-state index in [0.29, 0.717) is 0 Å². The molecule has 0 aliphatic heterocycles. The largest absolute Gasteiger partial charge is 0.481 e. The third kappa shape index (κ3) is 5.68. The van der Waals surface area contributed by atoms with Gasteiger partial charge in [0.2, 0.25) is 5.91 Å². The molecule has 1 atom stereocenters. The molecule has 0 rings (SSSR count). The van der Waals surface area contributed by atoms with Crippen LogP contribution in [-0.2, 0) is 9.59 Å². The number of aliphatic carboxylic acids is 1. The van der Waals surface area contributed by atoms with Gasteiger partial charge in [0.15, 0.2) is 0 Å². The second-order valence-corrected chi connectivity index (χ2v) is 2.95. The summed E-state index contributed by atoms with van der Waals surface area (Å²) < 4.78 is 0. The number of amides is 1. The fourth-order valence-electron chi connectivity index (χ4n) is 0.355. The molecule has 11 heavy (non-hydrogen) atoms. The average Bonchev–Trinajstić information content (AvgIpc) is 1.86. The van der Waals surface area contributed by atoms with E-state index in [0.717, 1.165) is 11.8 Å². The molecular formula is C5H10N2O3S.